The molecule has 0 spiro atoms. The molecule has 1 fully saturated rings. The molecule has 0 unspecified atom stereocenters. The van der Waals surface area contributed by atoms with E-state index in [-0.39, 0.29) is 0 Å². The van der Waals surface area contributed by atoms with Crippen LogP contribution >= 0.6 is 0 Å². The largest absolute Gasteiger partial charge is 0.443 e. The summed E-state index contributed by atoms with van der Waals surface area (Å²) in [5.74, 6) is 0. The maximum Gasteiger partial charge on any atom is 0.182 e. The monoisotopic (exact) mass is 245 g/mol. The van der Waals surface area contributed by atoms with Crippen LogP contribution in [0, 0.1) is 20.8 Å². The van der Waals surface area contributed by atoms with Crippen molar-refractivity contribution in [2.24, 2.45) is 0 Å². The number of anilines is 1. The fourth-order valence-electron chi connectivity index (χ4n) is 2.89. The van der Waals surface area contributed by atoms with Crippen molar-refractivity contribution < 1.29 is 4.42 Å². The average Bonchev–Trinajstić information content (AvgIpc) is 2.87. The molecule has 0 bridgehead atoms. The molecule has 0 atom stereocenters. The van der Waals surface area contributed by atoms with Gasteiger partial charge in [-0.2, -0.15) is 0 Å². The molecule has 96 valence electrons. The van der Waals surface area contributed by atoms with Gasteiger partial charge in [-0.05, 0) is 31.9 Å². The summed E-state index contributed by atoms with van der Waals surface area (Å²) in [6, 6.07) is 0. The number of aryl methyl sites for hydroxylation is 2. The van der Waals surface area contributed by atoms with E-state index in [1.807, 2.05) is 0 Å². The molecule has 18 heavy (non-hydrogen) atoms. The molecular formula is C14H19N3O. The molecule has 1 aliphatic heterocycles. The molecule has 1 N–H and O–H groups in total. The van der Waals surface area contributed by atoms with Crippen molar-refractivity contribution in [3.05, 3.63) is 23.1 Å². The second-order valence-corrected chi connectivity index (χ2v) is 4.99. The van der Waals surface area contributed by atoms with Crippen LogP contribution in [0.1, 0.15) is 16.7 Å². The zero-order valence-electron chi connectivity index (χ0n) is 11.2. The highest BCUT2D eigenvalue weighted by molar-refractivity contribution is 5.88. The zero-order valence-corrected chi connectivity index (χ0v) is 11.2. The van der Waals surface area contributed by atoms with E-state index in [0.717, 1.165) is 37.3 Å². The van der Waals surface area contributed by atoms with Crippen molar-refractivity contribution in [1.82, 2.24) is 10.3 Å². The Morgan fingerprint density at radius 2 is 1.83 bits per heavy atom. The van der Waals surface area contributed by atoms with Gasteiger partial charge in [0.2, 0.25) is 0 Å². The molecule has 0 radical (unpaired) electrons. The highest BCUT2D eigenvalue weighted by atomic mass is 16.3. The molecule has 0 amide bonds. The molecule has 3 rings (SSSR count). The van der Waals surface area contributed by atoms with Crippen LogP contribution < -0.4 is 10.2 Å². The first-order valence-corrected chi connectivity index (χ1v) is 6.48. The molecule has 1 aliphatic rings. The minimum atomic E-state index is 0.937. The fourth-order valence-corrected chi connectivity index (χ4v) is 2.89. The van der Waals surface area contributed by atoms with Gasteiger partial charge in [-0.1, -0.05) is 0 Å². The van der Waals surface area contributed by atoms with Gasteiger partial charge < -0.3 is 14.6 Å². The van der Waals surface area contributed by atoms with Crippen molar-refractivity contribution in [1.29, 1.82) is 0 Å². The summed E-state index contributed by atoms with van der Waals surface area (Å²) >= 11 is 0. The minimum Gasteiger partial charge on any atom is -0.443 e. The first-order valence-electron chi connectivity index (χ1n) is 6.48. The van der Waals surface area contributed by atoms with Gasteiger partial charge in [0.05, 0.1) is 0 Å². The van der Waals surface area contributed by atoms with E-state index < -0.39 is 0 Å². The number of hydrogen-bond donors (Lipinski definition) is 1. The van der Waals surface area contributed by atoms with Gasteiger partial charge in [-0.15, -0.1) is 0 Å². The molecule has 4 heteroatoms. The van der Waals surface area contributed by atoms with Crippen LogP contribution in [-0.2, 0) is 0 Å². The van der Waals surface area contributed by atoms with Gasteiger partial charge in [-0.25, -0.2) is 4.98 Å². The van der Waals surface area contributed by atoms with Gasteiger partial charge in [-0.3, -0.25) is 0 Å². The van der Waals surface area contributed by atoms with Crippen LogP contribution in [0.15, 0.2) is 10.8 Å². The highest BCUT2D eigenvalue weighted by Crippen LogP contribution is 2.34. The second kappa shape index (κ2) is 4.28. The maximum atomic E-state index is 5.56. The Kier molecular flexibility index (Phi) is 2.74. The molecule has 2 aromatic rings. The van der Waals surface area contributed by atoms with Crippen LogP contribution in [-0.4, -0.2) is 31.2 Å². The summed E-state index contributed by atoms with van der Waals surface area (Å²) in [5, 5.41) is 3.39. The third-order valence-corrected chi connectivity index (χ3v) is 3.97. The topological polar surface area (TPSA) is 41.3 Å². The Balaban J connectivity index is 2.20. The normalized spacial score (nSPS) is 16.5. The quantitative estimate of drug-likeness (QED) is 0.836. The van der Waals surface area contributed by atoms with E-state index in [2.05, 4.69) is 36.0 Å². The summed E-state index contributed by atoms with van der Waals surface area (Å²) in [7, 11) is 0. The lowest BCUT2D eigenvalue weighted by atomic mass is 10.00. The molecule has 0 saturated carbocycles. The number of nitrogens with one attached hydrogen (secondary N) is 1. The van der Waals surface area contributed by atoms with Gasteiger partial charge in [0.1, 0.15) is 5.52 Å². The Labute approximate surface area is 107 Å². The molecule has 1 saturated heterocycles. The highest BCUT2D eigenvalue weighted by Gasteiger charge is 2.20. The average molecular weight is 245 g/mol. The summed E-state index contributed by atoms with van der Waals surface area (Å²) in [5.41, 5.74) is 7.05. The third kappa shape index (κ3) is 1.60. The van der Waals surface area contributed by atoms with E-state index in [9.17, 15) is 0 Å². The summed E-state index contributed by atoms with van der Waals surface area (Å²) in [6.45, 7) is 10.7. The molecule has 1 aromatic heterocycles. The van der Waals surface area contributed by atoms with Gasteiger partial charge in [0.15, 0.2) is 12.0 Å². The number of fused-ring (bicyclic) bond motifs is 1. The number of rotatable bonds is 1. The Morgan fingerprint density at radius 1 is 1.11 bits per heavy atom. The zero-order chi connectivity index (χ0) is 12.7. The van der Waals surface area contributed by atoms with Gasteiger partial charge >= 0.3 is 0 Å². The fraction of sp³-hybridized carbons (Fsp3) is 0.500. The SMILES string of the molecule is Cc1c(N2CCNCC2)c(C)c2ocnc2c1C. The molecular weight excluding hydrogens is 226 g/mol. The van der Waals surface area contributed by atoms with Crippen LogP contribution in [0.25, 0.3) is 11.1 Å². The van der Waals surface area contributed by atoms with Crippen LogP contribution in [0.4, 0.5) is 5.69 Å². The van der Waals surface area contributed by atoms with E-state index in [0.29, 0.717) is 0 Å². The van der Waals surface area contributed by atoms with Gasteiger partial charge in [0, 0.05) is 37.4 Å². The van der Waals surface area contributed by atoms with Crippen molar-refractivity contribution in [3.8, 4) is 0 Å². The lowest BCUT2D eigenvalue weighted by molar-refractivity contribution is 0.583. The Morgan fingerprint density at radius 3 is 2.56 bits per heavy atom. The third-order valence-electron chi connectivity index (χ3n) is 3.97. The minimum absolute atomic E-state index is 0.937. The second-order valence-electron chi connectivity index (χ2n) is 4.99. The van der Waals surface area contributed by atoms with Crippen LogP contribution in [0.3, 0.4) is 0 Å². The smallest absolute Gasteiger partial charge is 0.182 e. The van der Waals surface area contributed by atoms with Crippen molar-refractivity contribution in [3.63, 3.8) is 0 Å². The number of piperazine rings is 1. The Hall–Kier alpha value is -1.55. The molecule has 0 aliphatic carbocycles. The summed E-state index contributed by atoms with van der Waals surface area (Å²) in [6.07, 6.45) is 1.55. The first kappa shape index (κ1) is 11.5. The summed E-state index contributed by atoms with van der Waals surface area (Å²) < 4.78 is 5.56. The van der Waals surface area contributed by atoms with Crippen molar-refractivity contribution in [2.75, 3.05) is 31.1 Å². The number of hydrogen-bond acceptors (Lipinski definition) is 4. The number of oxazole rings is 1. The van der Waals surface area contributed by atoms with Crippen LogP contribution in [0.2, 0.25) is 0 Å². The lowest BCUT2D eigenvalue weighted by Gasteiger charge is -2.32. The number of benzene rings is 1. The molecule has 2 heterocycles. The maximum absolute atomic E-state index is 5.56. The standard InChI is InChI=1S/C14H19N3O/c1-9-10(2)13(17-6-4-15-5-7-17)11(3)14-12(9)16-8-18-14/h8,15H,4-7H2,1-3H3. The molecule has 4 nitrogen and oxygen atoms in total. The van der Waals surface area contributed by atoms with E-state index >= 15 is 0 Å². The molecule has 1 aromatic carbocycles. The lowest BCUT2D eigenvalue weighted by Crippen LogP contribution is -2.44. The number of aromatic nitrogens is 1. The van der Waals surface area contributed by atoms with E-state index in [1.54, 1.807) is 6.39 Å². The number of nitrogens with zero attached hydrogens (tertiary/aromatic N) is 2. The van der Waals surface area contributed by atoms with Crippen molar-refractivity contribution in [2.45, 2.75) is 20.8 Å². The Bertz CT molecular complexity index is 582. The summed E-state index contributed by atoms with van der Waals surface area (Å²) in [4.78, 5) is 6.78. The predicted octanol–water partition coefficient (Wildman–Crippen LogP) is 2.16. The van der Waals surface area contributed by atoms with Crippen molar-refractivity contribution >= 4 is 16.8 Å². The van der Waals surface area contributed by atoms with E-state index in [4.69, 9.17) is 4.42 Å². The van der Waals surface area contributed by atoms with Crippen LogP contribution in [0.5, 0.6) is 0 Å². The van der Waals surface area contributed by atoms with Gasteiger partial charge in [0.25, 0.3) is 0 Å². The predicted molar refractivity (Wildman–Crippen MR) is 73.3 cm³/mol. The van der Waals surface area contributed by atoms with E-state index in [1.165, 1.54) is 22.4 Å². The first-order chi connectivity index (χ1) is 8.70.